The summed E-state index contributed by atoms with van der Waals surface area (Å²) in [5.74, 6) is 0.445. The molecule has 3 N–H and O–H groups in total. The van der Waals surface area contributed by atoms with Crippen LogP contribution in [0.2, 0.25) is 0 Å². The summed E-state index contributed by atoms with van der Waals surface area (Å²) in [5, 5.41) is 9.51. The zero-order valence-corrected chi connectivity index (χ0v) is 13.0. The molecule has 0 radical (unpaired) electrons. The number of nitrogens with two attached hydrogens (primary N) is 1. The molecule has 1 aromatic rings. The number of rotatable bonds is 5. The van der Waals surface area contributed by atoms with Crippen molar-refractivity contribution in [3.63, 3.8) is 0 Å². The quantitative estimate of drug-likeness (QED) is 0.869. The van der Waals surface area contributed by atoms with E-state index in [0.717, 1.165) is 32.2 Å². The second-order valence-corrected chi connectivity index (χ2v) is 6.54. The highest BCUT2D eigenvalue weighted by Gasteiger charge is 2.38. The van der Waals surface area contributed by atoms with E-state index in [-0.39, 0.29) is 12.1 Å². The lowest BCUT2D eigenvalue weighted by Crippen LogP contribution is -2.47. The zero-order valence-electron chi connectivity index (χ0n) is 13.0. The maximum Gasteiger partial charge on any atom is 0.0613 e. The van der Waals surface area contributed by atoms with Gasteiger partial charge in [0, 0.05) is 24.8 Å². The standard InChI is InChI=1S/C17H28N2O/c1-13-9-14(2)11-16(10-13)19(3)8-6-15-5-4-7-17(15,18)12-20/h9-11,15,20H,4-8,12,18H2,1-3H3. The van der Waals surface area contributed by atoms with E-state index in [9.17, 15) is 5.11 Å². The number of hydrogen-bond donors (Lipinski definition) is 2. The lowest BCUT2D eigenvalue weighted by Gasteiger charge is -2.31. The van der Waals surface area contributed by atoms with Gasteiger partial charge in [0.2, 0.25) is 0 Å². The molecule has 0 aliphatic heterocycles. The van der Waals surface area contributed by atoms with Gasteiger partial charge in [-0.1, -0.05) is 12.5 Å². The molecule has 2 unspecified atom stereocenters. The normalized spacial score (nSPS) is 25.9. The van der Waals surface area contributed by atoms with Gasteiger partial charge in [0.05, 0.1) is 6.61 Å². The fourth-order valence-electron chi connectivity index (χ4n) is 3.46. The Morgan fingerprint density at radius 2 is 1.95 bits per heavy atom. The molecule has 0 bridgehead atoms. The maximum absolute atomic E-state index is 9.51. The Balaban J connectivity index is 1.96. The third-order valence-corrected chi connectivity index (χ3v) is 4.76. The van der Waals surface area contributed by atoms with E-state index < -0.39 is 0 Å². The van der Waals surface area contributed by atoms with E-state index in [1.807, 2.05) is 0 Å². The minimum Gasteiger partial charge on any atom is -0.394 e. The van der Waals surface area contributed by atoms with Gasteiger partial charge in [0.1, 0.15) is 0 Å². The smallest absolute Gasteiger partial charge is 0.0613 e. The van der Waals surface area contributed by atoms with Crippen LogP contribution in [0.25, 0.3) is 0 Å². The number of anilines is 1. The molecule has 0 saturated heterocycles. The molecule has 2 atom stereocenters. The highest BCUT2D eigenvalue weighted by Crippen LogP contribution is 2.36. The monoisotopic (exact) mass is 276 g/mol. The lowest BCUT2D eigenvalue weighted by molar-refractivity contribution is 0.156. The van der Waals surface area contributed by atoms with Crippen LogP contribution in [0.4, 0.5) is 5.69 Å². The van der Waals surface area contributed by atoms with Crippen molar-refractivity contribution < 1.29 is 5.11 Å². The topological polar surface area (TPSA) is 49.5 Å². The molecule has 1 aromatic carbocycles. The van der Waals surface area contributed by atoms with Crippen LogP contribution in [0.3, 0.4) is 0 Å². The molecule has 1 aliphatic carbocycles. The average Bonchev–Trinajstić information content (AvgIpc) is 2.77. The number of nitrogens with zero attached hydrogens (tertiary/aromatic N) is 1. The number of benzene rings is 1. The Labute approximate surface area is 122 Å². The van der Waals surface area contributed by atoms with Crippen molar-refractivity contribution in [3.8, 4) is 0 Å². The van der Waals surface area contributed by atoms with E-state index in [2.05, 4.69) is 44.0 Å². The van der Waals surface area contributed by atoms with Crippen molar-refractivity contribution in [2.75, 3.05) is 25.1 Å². The van der Waals surface area contributed by atoms with E-state index in [1.165, 1.54) is 16.8 Å². The van der Waals surface area contributed by atoms with Crippen LogP contribution < -0.4 is 10.6 Å². The van der Waals surface area contributed by atoms with Crippen molar-refractivity contribution in [2.45, 2.75) is 45.1 Å². The Morgan fingerprint density at radius 3 is 2.55 bits per heavy atom. The molecule has 20 heavy (non-hydrogen) atoms. The Bertz CT molecular complexity index is 440. The molecule has 3 heteroatoms. The van der Waals surface area contributed by atoms with Crippen LogP contribution in [0.5, 0.6) is 0 Å². The number of aliphatic hydroxyl groups is 1. The summed E-state index contributed by atoms with van der Waals surface area (Å²) in [4.78, 5) is 2.30. The molecule has 2 rings (SSSR count). The second kappa shape index (κ2) is 6.15. The zero-order chi connectivity index (χ0) is 14.8. The van der Waals surface area contributed by atoms with Gasteiger partial charge in [-0.2, -0.15) is 0 Å². The summed E-state index contributed by atoms with van der Waals surface area (Å²) in [6.07, 6.45) is 4.31. The molecule has 1 saturated carbocycles. The van der Waals surface area contributed by atoms with Crippen molar-refractivity contribution in [3.05, 3.63) is 29.3 Å². The maximum atomic E-state index is 9.51. The van der Waals surface area contributed by atoms with Gasteiger partial charge in [-0.3, -0.25) is 0 Å². The first kappa shape index (κ1) is 15.3. The fraction of sp³-hybridized carbons (Fsp3) is 0.647. The van der Waals surface area contributed by atoms with E-state index >= 15 is 0 Å². The second-order valence-electron chi connectivity index (χ2n) is 6.54. The number of hydrogen-bond acceptors (Lipinski definition) is 3. The lowest BCUT2D eigenvalue weighted by atomic mass is 9.86. The Kier molecular flexibility index (Phi) is 4.71. The summed E-state index contributed by atoms with van der Waals surface area (Å²) in [6.45, 7) is 5.38. The molecule has 0 heterocycles. The van der Waals surface area contributed by atoms with Crippen LogP contribution in [0, 0.1) is 19.8 Å². The van der Waals surface area contributed by atoms with Gasteiger partial charge < -0.3 is 15.7 Å². The summed E-state index contributed by atoms with van der Waals surface area (Å²) in [7, 11) is 2.14. The predicted octanol–water partition coefficient (Wildman–Crippen LogP) is 2.62. The highest BCUT2D eigenvalue weighted by molar-refractivity contribution is 5.50. The molecule has 0 aromatic heterocycles. The average molecular weight is 276 g/mol. The SMILES string of the molecule is Cc1cc(C)cc(N(C)CCC2CCCC2(N)CO)c1. The van der Waals surface area contributed by atoms with Gasteiger partial charge in [-0.15, -0.1) is 0 Å². The molecule has 112 valence electrons. The molecule has 1 fully saturated rings. The van der Waals surface area contributed by atoms with Gasteiger partial charge in [0.15, 0.2) is 0 Å². The minimum absolute atomic E-state index is 0.116. The Hall–Kier alpha value is -1.06. The molecular formula is C17H28N2O. The van der Waals surface area contributed by atoms with Crippen LogP contribution in [0.15, 0.2) is 18.2 Å². The van der Waals surface area contributed by atoms with Crippen molar-refractivity contribution in [2.24, 2.45) is 11.7 Å². The summed E-state index contributed by atoms with van der Waals surface area (Å²) in [5.41, 5.74) is 9.84. The summed E-state index contributed by atoms with van der Waals surface area (Å²) in [6, 6.07) is 6.65. The van der Waals surface area contributed by atoms with Crippen LogP contribution in [-0.2, 0) is 0 Å². The van der Waals surface area contributed by atoms with Crippen molar-refractivity contribution in [1.82, 2.24) is 0 Å². The van der Waals surface area contributed by atoms with Gasteiger partial charge in [0.25, 0.3) is 0 Å². The summed E-state index contributed by atoms with van der Waals surface area (Å²) < 4.78 is 0. The van der Waals surface area contributed by atoms with E-state index in [4.69, 9.17) is 5.73 Å². The molecular weight excluding hydrogens is 248 g/mol. The van der Waals surface area contributed by atoms with Gasteiger partial charge in [-0.05, 0) is 62.3 Å². The van der Waals surface area contributed by atoms with Crippen molar-refractivity contribution >= 4 is 5.69 Å². The fourth-order valence-corrected chi connectivity index (χ4v) is 3.46. The van der Waals surface area contributed by atoms with Crippen LogP contribution in [0.1, 0.15) is 36.8 Å². The van der Waals surface area contributed by atoms with Crippen LogP contribution >= 0.6 is 0 Å². The van der Waals surface area contributed by atoms with Crippen LogP contribution in [-0.4, -0.2) is 30.8 Å². The van der Waals surface area contributed by atoms with Gasteiger partial charge >= 0.3 is 0 Å². The molecule has 0 spiro atoms. The third-order valence-electron chi connectivity index (χ3n) is 4.76. The third kappa shape index (κ3) is 3.33. The minimum atomic E-state index is -0.344. The number of aryl methyl sites for hydroxylation is 2. The first-order chi connectivity index (χ1) is 9.44. The highest BCUT2D eigenvalue weighted by atomic mass is 16.3. The predicted molar refractivity (Wildman–Crippen MR) is 85.1 cm³/mol. The molecule has 3 nitrogen and oxygen atoms in total. The first-order valence-electron chi connectivity index (χ1n) is 7.64. The van der Waals surface area contributed by atoms with E-state index in [1.54, 1.807) is 0 Å². The van der Waals surface area contributed by atoms with Crippen molar-refractivity contribution in [1.29, 1.82) is 0 Å². The molecule has 0 amide bonds. The molecule has 1 aliphatic rings. The largest absolute Gasteiger partial charge is 0.394 e. The summed E-state index contributed by atoms with van der Waals surface area (Å²) >= 11 is 0. The first-order valence-corrected chi connectivity index (χ1v) is 7.64. The van der Waals surface area contributed by atoms with Gasteiger partial charge in [-0.25, -0.2) is 0 Å². The number of aliphatic hydroxyl groups excluding tert-OH is 1. The Morgan fingerprint density at radius 1 is 1.30 bits per heavy atom. The van der Waals surface area contributed by atoms with E-state index in [0.29, 0.717) is 5.92 Å².